The number of hydrazone groups is 1. The van der Waals surface area contributed by atoms with E-state index in [0.29, 0.717) is 10.6 Å². The van der Waals surface area contributed by atoms with Crippen LogP contribution in [0.15, 0.2) is 59.7 Å². The van der Waals surface area contributed by atoms with E-state index in [1.807, 2.05) is 42.5 Å². The highest BCUT2D eigenvalue weighted by molar-refractivity contribution is 6.03. The van der Waals surface area contributed by atoms with Crippen molar-refractivity contribution in [2.24, 2.45) is 5.10 Å². The van der Waals surface area contributed by atoms with Gasteiger partial charge in [0, 0.05) is 5.56 Å². The van der Waals surface area contributed by atoms with Gasteiger partial charge in [-0.05, 0) is 17.2 Å². The Morgan fingerprint density at radius 3 is 2.38 bits per heavy atom. The summed E-state index contributed by atoms with van der Waals surface area (Å²) in [5, 5.41) is 7.05. The first-order chi connectivity index (χ1) is 11.4. The molecule has 4 nitrogen and oxygen atoms in total. The van der Waals surface area contributed by atoms with Crippen molar-refractivity contribution in [1.82, 2.24) is 10.3 Å². The van der Waals surface area contributed by atoms with Gasteiger partial charge in [-0.3, -0.25) is 4.79 Å². The molecule has 3 rings (SSSR count). The van der Waals surface area contributed by atoms with E-state index in [4.69, 9.17) is 0 Å². The van der Waals surface area contributed by atoms with E-state index in [-0.39, 0.29) is 12.4 Å². The molecule has 0 saturated carbocycles. The van der Waals surface area contributed by atoms with E-state index >= 15 is 0 Å². The Morgan fingerprint density at radius 2 is 1.67 bits per heavy atom. The van der Waals surface area contributed by atoms with Gasteiger partial charge in [0.1, 0.15) is 6.54 Å². The Labute approximate surface area is 136 Å². The zero-order valence-corrected chi connectivity index (χ0v) is 12.5. The van der Waals surface area contributed by atoms with Crippen molar-refractivity contribution in [3.05, 3.63) is 60.2 Å². The normalized spacial score (nSPS) is 15.0. The third kappa shape index (κ3) is 3.73. The quantitative estimate of drug-likeness (QED) is 0.938. The maximum atomic E-state index is 12.5. The number of amidine groups is 1. The van der Waals surface area contributed by atoms with Crippen molar-refractivity contribution in [2.45, 2.75) is 6.18 Å². The molecule has 0 saturated heterocycles. The molecule has 0 fully saturated rings. The van der Waals surface area contributed by atoms with Crippen LogP contribution in [-0.2, 0) is 4.79 Å². The molecule has 0 spiro atoms. The van der Waals surface area contributed by atoms with Crippen LogP contribution in [0, 0.1) is 0 Å². The van der Waals surface area contributed by atoms with E-state index in [1.54, 1.807) is 12.1 Å². The van der Waals surface area contributed by atoms with Gasteiger partial charge in [-0.25, -0.2) is 5.01 Å². The molecule has 0 aromatic heterocycles. The average Bonchev–Trinajstić information content (AvgIpc) is 2.57. The summed E-state index contributed by atoms with van der Waals surface area (Å²) < 4.78 is 37.6. The predicted octanol–water partition coefficient (Wildman–Crippen LogP) is 3.01. The lowest BCUT2D eigenvalue weighted by atomic mass is 10.0. The first-order valence-corrected chi connectivity index (χ1v) is 7.28. The summed E-state index contributed by atoms with van der Waals surface area (Å²) in [4.78, 5) is 11.6. The largest absolute Gasteiger partial charge is 0.408 e. The lowest BCUT2D eigenvalue weighted by Crippen LogP contribution is -2.47. The highest BCUT2D eigenvalue weighted by atomic mass is 19.4. The lowest BCUT2D eigenvalue weighted by Gasteiger charge is -2.25. The summed E-state index contributed by atoms with van der Waals surface area (Å²) >= 11 is 0. The smallest absolute Gasteiger partial charge is 0.359 e. The number of alkyl halides is 3. The number of nitrogens with one attached hydrogen (secondary N) is 1. The van der Waals surface area contributed by atoms with Crippen molar-refractivity contribution in [1.29, 1.82) is 0 Å². The monoisotopic (exact) mass is 333 g/mol. The molecule has 1 N–H and O–H groups in total. The number of benzene rings is 2. The summed E-state index contributed by atoms with van der Waals surface area (Å²) in [5.41, 5.74) is 2.52. The van der Waals surface area contributed by atoms with E-state index < -0.39 is 18.6 Å². The number of halogens is 3. The molecule has 7 heteroatoms. The zero-order valence-electron chi connectivity index (χ0n) is 12.5. The van der Waals surface area contributed by atoms with Crippen LogP contribution in [-0.4, -0.2) is 36.0 Å². The van der Waals surface area contributed by atoms with Gasteiger partial charge in [0.15, 0.2) is 5.84 Å². The van der Waals surface area contributed by atoms with Gasteiger partial charge >= 0.3 is 6.18 Å². The molecule has 2 aromatic carbocycles. The Balaban J connectivity index is 1.91. The van der Waals surface area contributed by atoms with Gasteiger partial charge in [0.05, 0.1) is 6.54 Å². The van der Waals surface area contributed by atoms with Crippen LogP contribution in [0.4, 0.5) is 13.2 Å². The van der Waals surface area contributed by atoms with Gasteiger partial charge in [-0.2, -0.15) is 18.3 Å². The number of carbonyl (C=O) groups is 1. The van der Waals surface area contributed by atoms with Crippen LogP contribution in [0.1, 0.15) is 5.56 Å². The standard InChI is InChI=1S/C17H14F3N3O/c18-17(19,20)11-23-15(24)10-21-16(22-23)14-8-4-7-13(9-14)12-5-2-1-3-6-12/h1-9H,10-11H2,(H,21,22). The summed E-state index contributed by atoms with van der Waals surface area (Å²) in [7, 11) is 0. The Bertz CT molecular complexity index is 772. The minimum absolute atomic E-state index is 0.218. The maximum absolute atomic E-state index is 12.5. The molecule has 1 heterocycles. The Morgan fingerprint density at radius 1 is 1.00 bits per heavy atom. The summed E-state index contributed by atoms with van der Waals surface area (Å²) in [6.07, 6.45) is -4.49. The summed E-state index contributed by atoms with van der Waals surface area (Å²) in [6, 6.07) is 16.9. The van der Waals surface area contributed by atoms with E-state index in [1.165, 1.54) is 0 Å². The molecular formula is C17H14F3N3O. The van der Waals surface area contributed by atoms with E-state index in [0.717, 1.165) is 11.1 Å². The molecule has 0 unspecified atom stereocenters. The lowest BCUT2D eigenvalue weighted by molar-refractivity contribution is -0.161. The van der Waals surface area contributed by atoms with Gasteiger partial charge in [0.25, 0.3) is 5.91 Å². The van der Waals surface area contributed by atoms with Crippen molar-refractivity contribution in [3.8, 4) is 11.1 Å². The van der Waals surface area contributed by atoms with E-state index in [2.05, 4.69) is 10.4 Å². The molecule has 24 heavy (non-hydrogen) atoms. The first kappa shape index (κ1) is 16.0. The number of hydrogen-bond donors (Lipinski definition) is 1. The third-order valence-corrected chi connectivity index (χ3v) is 3.49. The molecule has 0 radical (unpaired) electrons. The number of carbonyl (C=O) groups excluding carboxylic acids is 1. The van der Waals surface area contributed by atoms with Gasteiger partial charge in [-0.1, -0.05) is 48.5 Å². The number of nitrogens with zero attached hydrogens (tertiary/aromatic N) is 2. The zero-order chi connectivity index (χ0) is 17.2. The maximum Gasteiger partial charge on any atom is 0.408 e. The number of amides is 1. The van der Waals surface area contributed by atoms with Gasteiger partial charge < -0.3 is 5.32 Å². The molecule has 0 bridgehead atoms. The first-order valence-electron chi connectivity index (χ1n) is 7.28. The molecule has 1 amide bonds. The highest BCUT2D eigenvalue weighted by Gasteiger charge is 2.35. The fourth-order valence-electron chi connectivity index (χ4n) is 2.39. The fraction of sp³-hybridized carbons (Fsp3) is 0.176. The second-order valence-corrected chi connectivity index (χ2v) is 5.32. The van der Waals surface area contributed by atoms with Gasteiger partial charge in [0.2, 0.25) is 0 Å². The van der Waals surface area contributed by atoms with Crippen molar-refractivity contribution in [2.75, 3.05) is 13.1 Å². The highest BCUT2D eigenvalue weighted by Crippen LogP contribution is 2.22. The van der Waals surface area contributed by atoms with Crippen LogP contribution in [0.25, 0.3) is 11.1 Å². The second kappa shape index (κ2) is 6.35. The predicted molar refractivity (Wildman–Crippen MR) is 84.2 cm³/mol. The van der Waals surface area contributed by atoms with Crippen LogP contribution >= 0.6 is 0 Å². The van der Waals surface area contributed by atoms with Crippen LogP contribution in [0.3, 0.4) is 0 Å². The van der Waals surface area contributed by atoms with Crippen molar-refractivity contribution in [3.63, 3.8) is 0 Å². The molecule has 2 aromatic rings. The Hall–Kier alpha value is -2.83. The van der Waals surface area contributed by atoms with Crippen LogP contribution < -0.4 is 5.32 Å². The van der Waals surface area contributed by atoms with Crippen molar-refractivity contribution < 1.29 is 18.0 Å². The van der Waals surface area contributed by atoms with E-state index in [9.17, 15) is 18.0 Å². The molecule has 0 atom stereocenters. The Kier molecular flexibility index (Phi) is 4.24. The van der Waals surface area contributed by atoms with Gasteiger partial charge in [-0.15, -0.1) is 0 Å². The molecule has 1 aliphatic heterocycles. The topological polar surface area (TPSA) is 44.7 Å². The molecular weight excluding hydrogens is 319 g/mol. The summed E-state index contributed by atoms with van der Waals surface area (Å²) in [6.45, 7) is -1.61. The third-order valence-electron chi connectivity index (χ3n) is 3.49. The summed E-state index contributed by atoms with van der Waals surface area (Å²) in [5.74, 6) is -0.466. The minimum Gasteiger partial charge on any atom is -0.359 e. The number of hydrogen-bond acceptors (Lipinski definition) is 3. The SMILES string of the molecule is O=C1CNC(c2cccc(-c3ccccc3)c2)=NN1CC(F)(F)F. The second-order valence-electron chi connectivity index (χ2n) is 5.32. The number of rotatable bonds is 3. The molecule has 124 valence electrons. The fourth-order valence-corrected chi connectivity index (χ4v) is 2.39. The molecule has 0 aliphatic carbocycles. The minimum atomic E-state index is -4.49. The van der Waals surface area contributed by atoms with Crippen LogP contribution in [0.5, 0.6) is 0 Å². The van der Waals surface area contributed by atoms with Crippen LogP contribution in [0.2, 0.25) is 0 Å². The average molecular weight is 333 g/mol. The molecule has 1 aliphatic rings. The van der Waals surface area contributed by atoms with Crippen molar-refractivity contribution >= 4 is 11.7 Å².